The number of para-hydroxylation sites is 4. The van der Waals surface area contributed by atoms with Crippen molar-refractivity contribution in [2.45, 2.75) is 83.1 Å². The van der Waals surface area contributed by atoms with Gasteiger partial charge >= 0.3 is 11.9 Å². The third-order valence-corrected chi connectivity index (χ3v) is 10.8. The van der Waals surface area contributed by atoms with Gasteiger partial charge in [-0.2, -0.15) is 0 Å². The second-order valence-electron chi connectivity index (χ2n) is 15.7. The highest BCUT2D eigenvalue weighted by Gasteiger charge is 2.16. The second kappa shape index (κ2) is 33.4. The molecule has 8 aromatic heterocycles. The number of pyridine rings is 4. The van der Waals surface area contributed by atoms with E-state index in [0.717, 1.165) is 105 Å². The van der Waals surface area contributed by atoms with Crippen molar-refractivity contribution in [2.24, 2.45) is 0 Å². The molecule has 0 saturated carbocycles. The van der Waals surface area contributed by atoms with Crippen molar-refractivity contribution >= 4 is 67.4 Å². The monoisotopic (exact) mass is 1080 g/mol. The fourth-order valence-corrected chi connectivity index (χ4v) is 7.40. The van der Waals surface area contributed by atoms with Gasteiger partial charge in [0, 0.05) is 59.9 Å². The van der Waals surface area contributed by atoms with Crippen LogP contribution in [0.3, 0.4) is 0 Å². The number of anilines is 4. The molecule has 8 heterocycles. The van der Waals surface area contributed by atoms with Crippen LogP contribution >= 0.6 is 0 Å². The lowest BCUT2D eigenvalue weighted by atomic mass is 10.2. The molecular formula is C60H78N20+2. The van der Waals surface area contributed by atoms with E-state index >= 15 is 0 Å². The van der Waals surface area contributed by atoms with E-state index in [4.69, 9.17) is 0 Å². The Morgan fingerprint density at radius 3 is 1.01 bits per heavy atom. The van der Waals surface area contributed by atoms with Crippen LogP contribution in [-0.2, 0) is 0 Å². The summed E-state index contributed by atoms with van der Waals surface area (Å²) in [5.74, 6) is 5.94. The van der Waals surface area contributed by atoms with Crippen molar-refractivity contribution < 1.29 is 9.36 Å². The first kappa shape index (κ1) is 61.1. The molecule has 416 valence electrons. The number of fused-ring (bicyclic) bond motifs is 4. The Bertz CT molecular complexity index is 3420. The van der Waals surface area contributed by atoms with Gasteiger partial charge in [-0.1, -0.05) is 138 Å². The van der Waals surface area contributed by atoms with E-state index in [-0.39, 0.29) is 0 Å². The first-order valence-electron chi connectivity index (χ1n) is 27.6. The standard InChI is InChI=1S/4C13H13N5.4C2H6/c2*1-2-14-13-15-9-18(17-13)12-8-7-10-5-3-4-6-11(10)16-12;2*1-2-14-13-15-9-16-18(13)12-8-7-10-5-3-4-6-11(10)17-12;4*1-2/h2*3-9H,2H2,1H3,(H,14,17);2*3-9H,2H2,1H3,(H,14,15,16);4*1-2H3/p+2. The van der Waals surface area contributed by atoms with Crippen LogP contribution in [0.5, 0.6) is 0 Å². The first-order valence-corrected chi connectivity index (χ1v) is 27.6. The molecule has 20 nitrogen and oxygen atoms in total. The summed E-state index contributed by atoms with van der Waals surface area (Å²) in [4.78, 5) is 35.1. The van der Waals surface area contributed by atoms with Crippen molar-refractivity contribution in [1.29, 1.82) is 0 Å². The Balaban J connectivity index is 0.000000188. The Kier molecular flexibility index (Phi) is 25.6. The van der Waals surface area contributed by atoms with Crippen molar-refractivity contribution in [1.82, 2.24) is 69.6 Å². The summed E-state index contributed by atoms with van der Waals surface area (Å²) in [5.41, 5.74) is 3.85. The number of aromatic nitrogens is 16. The Hall–Kier alpha value is -9.72. The normalized spacial score (nSPS) is 9.95. The van der Waals surface area contributed by atoms with Gasteiger partial charge in [0.05, 0.1) is 11.0 Å². The topological polar surface area (TPSA) is 226 Å². The third kappa shape index (κ3) is 16.6. The largest absolute Gasteiger partial charge is 0.370 e. The van der Waals surface area contributed by atoms with Gasteiger partial charge < -0.3 is 10.6 Å². The summed E-state index contributed by atoms with van der Waals surface area (Å²) in [7, 11) is 0. The van der Waals surface area contributed by atoms with Crippen LogP contribution < -0.4 is 30.6 Å². The zero-order chi connectivity index (χ0) is 57.5. The van der Waals surface area contributed by atoms with Crippen molar-refractivity contribution in [3.63, 3.8) is 0 Å². The van der Waals surface area contributed by atoms with E-state index in [1.807, 2.05) is 214 Å². The van der Waals surface area contributed by atoms with Gasteiger partial charge in [0.1, 0.15) is 23.7 Å². The molecule has 0 unspecified atom stereocenters. The molecule has 0 aliphatic rings. The number of nitrogens with one attached hydrogen (secondary N) is 6. The maximum atomic E-state index is 4.61. The number of benzene rings is 4. The lowest BCUT2D eigenvalue weighted by Crippen LogP contribution is -2.37. The molecule has 20 heteroatoms. The van der Waals surface area contributed by atoms with Crippen LogP contribution in [0.2, 0.25) is 0 Å². The minimum Gasteiger partial charge on any atom is -0.353 e. The maximum Gasteiger partial charge on any atom is 0.370 e. The quantitative estimate of drug-likeness (QED) is 0.0626. The molecule has 0 atom stereocenters. The van der Waals surface area contributed by atoms with Crippen molar-refractivity contribution in [3.8, 4) is 23.3 Å². The van der Waals surface area contributed by atoms with E-state index in [2.05, 4.69) is 106 Å². The molecule has 0 aliphatic carbocycles. The second-order valence-corrected chi connectivity index (χ2v) is 15.7. The van der Waals surface area contributed by atoms with Crippen molar-refractivity contribution in [2.75, 3.05) is 47.4 Å². The van der Waals surface area contributed by atoms with E-state index in [9.17, 15) is 0 Å². The molecule has 4 aromatic carbocycles. The molecule has 12 rings (SSSR count). The molecule has 6 N–H and O–H groups in total. The lowest BCUT2D eigenvalue weighted by Gasteiger charge is -2.01. The minimum absolute atomic E-state index is 0.618. The molecule has 80 heavy (non-hydrogen) atoms. The zero-order valence-corrected chi connectivity index (χ0v) is 48.3. The van der Waals surface area contributed by atoms with Gasteiger partial charge in [-0.25, -0.2) is 39.5 Å². The molecule has 0 radical (unpaired) electrons. The van der Waals surface area contributed by atoms with Crippen LogP contribution in [0.25, 0.3) is 66.9 Å². The van der Waals surface area contributed by atoms with E-state index in [1.165, 1.54) is 0 Å². The smallest absolute Gasteiger partial charge is 0.353 e. The van der Waals surface area contributed by atoms with Gasteiger partial charge in [-0.3, -0.25) is 10.6 Å². The number of aromatic amines is 2. The summed E-state index contributed by atoms with van der Waals surface area (Å²) < 4.78 is 7.00. The predicted molar refractivity (Wildman–Crippen MR) is 326 cm³/mol. The predicted octanol–water partition coefficient (Wildman–Crippen LogP) is 11.9. The SMILES string of the molecule is CC.CC.CC.CC.CCNc1nc[nH][n+]1-c1ccc2ccccc2n1.CCNc1nc[nH][n+]1-c1ccc2ccccc2n1.CCNc1ncn(-c2ccc3ccccc3n2)n1.CCNc1ncn(-c2ccc3ccccc3n2)n1. The van der Waals surface area contributed by atoms with Crippen LogP contribution in [0, 0.1) is 0 Å². The van der Waals surface area contributed by atoms with Gasteiger partial charge in [-0.05, 0) is 88.4 Å². The molecule has 0 bridgehead atoms. The highest BCUT2D eigenvalue weighted by Crippen LogP contribution is 2.17. The van der Waals surface area contributed by atoms with E-state index < -0.39 is 0 Å². The number of hydrogen-bond donors (Lipinski definition) is 6. The van der Waals surface area contributed by atoms with Crippen LogP contribution in [0.1, 0.15) is 83.1 Å². The van der Waals surface area contributed by atoms with Crippen molar-refractivity contribution in [3.05, 3.63) is 171 Å². The number of H-pyrrole nitrogens is 2. The molecule has 0 amide bonds. The third-order valence-electron chi connectivity index (χ3n) is 10.8. The Morgan fingerprint density at radius 2 is 0.675 bits per heavy atom. The zero-order valence-electron chi connectivity index (χ0n) is 48.3. The summed E-state index contributed by atoms with van der Waals surface area (Å²) in [5, 5.41) is 31.7. The van der Waals surface area contributed by atoms with E-state index in [0.29, 0.717) is 11.9 Å². The fourth-order valence-electron chi connectivity index (χ4n) is 7.40. The van der Waals surface area contributed by atoms with Gasteiger partial charge in [0.25, 0.3) is 11.6 Å². The van der Waals surface area contributed by atoms with Gasteiger partial charge in [0.2, 0.25) is 11.9 Å². The first-order chi connectivity index (χ1) is 39.5. The molecule has 0 fully saturated rings. The number of rotatable bonds is 12. The summed E-state index contributed by atoms with van der Waals surface area (Å²) >= 11 is 0. The van der Waals surface area contributed by atoms with Crippen LogP contribution in [0.4, 0.5) is 23.8 Å². The summed E-state index contributed by atoms with van der Waals surface area (Å²) in [6, 6.07) is 48.1. The molecular weight excluding hydrogens is 1000 g/mol. The average Bonchev–Trinajstić information content (AvgIpc) is 4.40. The average molecular weight is 1080 g/mol. The van der Waals surface area contributed by atoms with Gasteiger partial charge in [-0.15, -0.1) is 29.5 Å². The number of hydrogen-bond acceptors (Lipinski definition) is 14. The van der Waals surface area contributed by atoms with Gasteiger partial charge in [0.15, 0.2) is 24.3 Å². The molecule has 0 spiro atoms. The highest BCUT2D eigenvalue weighted by molar-refractivity contribution is 5.81. The lowest BCUT2D eigenvalue weighted by molar-refractivity contribution is -0.646. The molecule has 0 saturated heterocycles. The Labute approximate surface area is 469 Å². The molecule has 0 aliphatic heterocycles. The fraction of sp³-hybridized carbons (Fsp3) is 0.267. The van der Waals surface area contributed by atoms with Crippen LogP contribution in [-0.4, -0.2) is 95.8 Å². The Morgan fingerprint density at radius 1 is 0.362 bits per heavy atom. The maximum absolute atomic E-state index is 4.61. The molecule has 12 aromatic rings. The highest BCUT2D eigenvalue weighted by atomic mass is 15.4. The summed E-state index contributed by atoms with van der Waals surface area (Å²) in [6.45, 7) is 27.3. The number of nitrogens with zero attached hydrogens (tertiary/aromatic N) is 14. The summed E-state index contributed by atoms with van der Waals surface area (Å²) in [6.07, 6.45) is 6.62. The van der Waals surface area contributed by atoms with E-state index in [1.54, 1.807) is 34.7 Å². The minimum atomic E-state index is 0.618. The van der Waals surface area contributed by atoms with Crippen LogP contribution in [0.15, 0.2) is 171 Å².